The monoisotopic (exact) mass is 479 g/mol. The molecule has 0 radical (unpaired) electrons. The topological polar surface area (TPSA) is 104 Å². The number of anilines is 2. The van der Waals surface area contributed by atoms with Gasteiger partial charge in [0.2, 0.25) is 0 Å². The summed E-state index contributed by atoms with van der Waals surface area (Å²) in [7, 11) is 0. The number of nitrogens with one attached hydrogen (secondary N) is 1. The van der Waals surface area contributed by atoms with Gasteiger partial charge in [-0.1, -0.05) is 24.3 Å². The van der Waals surface area contributed by atoms with Gasteiger partial charge in [0.1, 0.15) is 18.2 Å². The minimum atomic E-state index is 0.461. The van der Waals surface area contributed by atoms with Crippen molar-refractivity contribution >= 4 is 22.4 Å². The van der Waals surface area contributed by atoms with E-state index in [1.165, 1.54) is 16.7 Å². The van der Waals surface area contributed by atoms with E-state index in [1.54, 1.807) is 18.6 Å². The zero-order chi connectivity index (χ0) is 24.9. The van der Waals surface area contributed by atoms with Crippen LogP contribution in [0.3, 0.4) is 0 Å². The average Bonchev–Trinajstić information content (AvgIpc) is 3.42. The van der Waals surface area contributed by atoms with Crippen LogP contribution in [0.25, 0.3) is 10.8 Å². The Bertz CT molecular complexity index is 1460. The minimum absolute atomic E-state index is 0.461. The predicted octanol–water partition coefficient (Wildman–Crippen LogP) is 4.85. The standard InChI is InChI=1S/C28H29N7O/c1-19-14-25-24(8-11-30-28(25)29)20(2)26(19)17-31-27-15-23(16-32-34-27)36-18-22-6-4-21(5-7-22)9-13-35-12-3-10-33-35/h3-8,10-12,14-16H,9,13,17-18H2,1-2H3,(H2,29,30)(H,31,34). The Labute approximate surface area is 210 Å². The molecule has 3 aromatic heterocycles. The first-order valence-electron chi connectivity index (χ1n) is 11.9. The SMILES string of the molecule is Cc1cc2c(N)nccc2c(C)c1CNc1cc(OCc2ccc(CCn3cccn3)cc2)cnn1. The fraction of sp³-hybridized carbons (Fsp3) is 0.214. The number of pyridine rings is 1. The third-order valence-electron chi connectivity index (χ3n) is 6.41. The van der Waals surface area contributed by atoms with Crippen molar-refractivity contribution in [3.63, 3.8) is 0 Å². The molecular weight excluding hydrogens is 450 g/mol. The maximum Gasteiger partial charge on any atom is 0.152 e. The number of aryl methyl sites for hydroxylation is 4. The number of fused-ring (bicyclic) bond motifs is 1. The molecule has 0 spiro atoms. The number of ether oxygens (including phenoxy) is 1. The van der Waals surface area contributed by atoms with Crippen molar-refractivity contribution in [2.24, 2.45) is 0 Å². The average molecular weight is 480 g/mol. The lowest BCUT2D eigenvalue weighted by atomic mass is 9.96. The van der Waals surface area contributed by atoms with E-state index in [1.807, 2.05) is 29.1 Å². The van der Waals surface area contributed by atoms with Crippen LogP contribution in [0.15, 0.2) is 73.3 Å². The van der Waals surface area contributed by atoms with Crippen molar-refractivity contribution in [1.82, 2.24) is 25.0 Å². The van der Waals surface area contributed by atoms with E-state index < -0.39 is 0 Å². The molecule has 5 rings (SSSR count). The lowest BCUT2D eigenvalue weighted by molar-refractivity contribution is 0.304. The van der Waals surface area contributed by atoms with Crippen molar-refractivity contribution in [3.05, 3.63) is 101 Å². The summed E-state index contributed by atoms with van der Waals surface area (Å²) < 4.78 is 7.92. The van der Waals surface area contributed by atoms with Crippen LogP contribution in [0.5, 0.6) is 5.75 Å². The number of hydrogen-bond donors (Lipinski definition) is 2. The van der Waals surface area contributed by atoms with Crippen molar-refractivity contribution in [1.29, 1.82) is 0 Å². The zero-order valence-corrected chi connectivity index (χ0v) is 20.5. The summed E-state index contributed by atoms with van der Waals surface area (Å²) >= 11 is 0. The molecule has 0 aliphatic rings. The second kappa shape index (κ2) is 10.4. The van der Waals surface area contributed by atoms with Crippen LogP contribution in [0.2, 0.25) is 0 Å². The zero-order valence-electron chi connectivity index (χ0n) is 20.5. The van der Waals surface area contributed by atoms with Crippen LogP contribution in [-0.2, 0) is 26.1 Å². The van der Waals surface area contributed by atoms with Crippen LogP contribution >= 0.6 is 0 Å². The van der Waals surface area contributed by atoms with Crippen LogP contribution in [0.1, 0.15) is 27.8 Å². The Hall–Kier alpha value is -4.46. The molecule has 5 aromatic rings. The molecule has 3 heterocycles. The third kappa shape index (κ3) is 5.27. The summed E-state index contributed by atoms with van der Waals surface area (Å²) in [5.41, 5.74) is 12.0. The normalized spacial score (nSPS) is 11.1. The van der Waals surface area contributed by atoms with Gasteiger partial charge in [0.25, 0.3) is 0 Å². The van der Waals surface area contributed by atoms with Gasteiger partial charge in [0.05, 0.1) is 6.20 Å². The summed E-state index contributed by atoms with van der Waals surface area (Å²) in [5.74, 6) is 1.88. The number of aromatic nitrogens is 5. The summed E-state index contributed by atoms with van der Waals surface area (Å²) in [4.78, 5) is 4.21. The second-order valence-electron chi connectivity index (χ2n) is 8.84. The van der Waals surface area contributed by atoms with Gasteiger partial charge in [-0.05, 0) is 71.7 Å². The first-order chi connectivity index (χ1) is 17.6. The number of nitrogens with two attached hydrogens (primary N) is 1. The van der Waals surface area contributed by atoms with Gasteiger partial charge in [0, 0.05) is 43.1 Å². The van der Waals surface area contributed by atoms with Crippen molar-refractivity contribution < 1.29 is 4.74 Å². The van der Waals surface area contributed by atoms with Crippen molar-refractivity contribution in [2.45, 2.75) is 40.0 Å². The molecule has 2 aromatic carbocycles. The Morgan fingerprint density at radius 2 is 1.83 bits per heavy atom. The summed E-state index contributed by atoms with van der Waals surface area (Å²) in [5, 5.41) is 18.1. The fourth-order valence-corrected chi connectivity index (χ4v) is 4.34. The van der Waals surface area contributed by atoms with E-state index >= 15 is 0 Å². The first-order valence-corrected chi connectivity index (χ1v) is 11.9. The maximum absolute atomic E-state index is 6.07. The lowest BCUT2D eigenvalue weighted by Gasteiger charge is -2.15. The van der Waals surface area contributed by atoms with E-state index in [4.69, 9.17) is 10.5 Å². The highest BCUT2D eigenvalue weighted by Gasteiger charge is 2.11. The predicted molar refractivity (Wildman–Crippen MR) is 142 cm³/mol. The van der Waals surface area contributed by atoms with E-state index in [9.17, 15) is 0 Å². The van der Waals surface area contributed by atoms with E-state index in [-0.39, 0.29) is 0 Å². The van der Waals surface area contributed by atoms with Gasteiger partial charge in [-0.25, -0.2) is 4.98 Å². The fourth-order valence-electron chi connectivity index (χ4n) is 4.34. The molecule has 8 heteroatoms. The Morgan fingerprint density at radius 1 is 1.00 bits per heavy atom. The van der Waals surface area contributed by atoms with E-state index in [0.29, 0.717) is 30.5 Å². The third-order valence-corrected chi connectivity index (χ3v) is 6.41. The van der Waals surface area contributed by atoms with Crippen molar-refractivity contribution in [3.8, 4) is 5.75 Å². The number of benzene rings is 2. The highest BCUT2D eigenvalue weighted by molar-refractivity contribution is 5.94. The minimum Gasteiger partial charge on any atom is -0.487 e. The van der Waals surface area contributed by atoms with Gasteiger partial charge in [-0.3, -0.25) is 4.68 Å². The van der Waals surface area contributed by atoms with E-state index in [2.05, 4.69) is 69.8 Å². The molecule has 0 bridgehead atoms. The molecule has 0 saturated heterocycles. The van der Waals surface area contributed by atoms with Crippen molar-refractivity contribution in [2.75, 3.05) is 11.1 Å². The first kappa shape index (κ1) is 23.3. The quantitative estimate of drug-likeness (QED) is 0.311. The molecule has 0 saturated carbocycles. The Morgan fingerprint density at radius 3 is 2.64 bits per heavy atom. The number of hydrogen-bond acceptors (Lipinski definition) is 7. The molecule has 0 aliphatic carbocycles. The van der Waals surface area contributed by atoms with Crippen LogP contribution < -0.4 is 15.8 Å². The number of nitrogens with zero attached hydrogens (tertiary/aromatic N) is 5. The second-order valence-corrected chi connectivity index (χ2v) is 8.84. The number of rotatable bonds is 9. The maximum atomic E-state index is 6.07. The van der Waals surface area contributed by atoms with Gasteiger partial charge in [-0.15, -0.1) is 5.10 Å². The highest BCUT2D eigenvalue weighted by Crippen LogP contribution is 2.28. The molecular formula is C28H29N7O. The summed E-state index contributed by atoms with van der Waals surface area (Å²) in [6.45, 7) is 6.14. The molecule has 0 atom stereocenters. The van der Waals surface area contributed by atoms with Gasteiger partial charge >= 0.3 is 0 Å². The molecule has 0 unspecified atom stereocenters. The van der Waals surface area contributed by atoms with Gasteiger partial charge in [-0.2, -0.15) is 10.2 Å². The summed E-state index contributed by atoms with van der Waals surface area (Å²) in [6, 6.07) is 16.4. The van der Waals surface area contributed by atoms with Crippen LogP contribution in [0.4, 0.5) is 11.6 Å². The van der Waals surface area contributed by atoms with Gasteiger partial charge < -0.3 is 15.8 Å². The molecule has 0 amide bonds. The highest BCUT2D eigenvalue weighted by atomic mass is 16.5. The largest absolute Gasteiger partial charge is 0.487 e. The smallest absolute Gasteiger partial charge is 0.152 e. The van der Waals surface area contributed by atoms with E-state index in [0.717, 1.165) is 34.9 Å². The molecule has 182 valence electrons. The number of nitrogen functional groups attached to an aromatic ring is 1. The van der Waals surface area contributed by atoms with Crippen LogP contribution in [-0.4, -0.2) is 25.0 Å². The van der Waals surface area contributed by atoms with Gasteiger partial charge in [0.15, 0.2) is 5.82 Å². The Kier molecular flexibility index (Phi) is 6.75. The molecule has 0 aliphatic heterocycles. The molecule has 36 heavy (non-hydrogen) atoms. The molecule has 0 fully saturated rings. The Balaban J connectivity index is 1.19. The van der Waals surface area contributed by atoms with Crippen LogP contribution in [0, 0.1) is 13.8 Å². The molecule has 3 N–H and O–H groups in total. The lowest BCUT2D eigenvalue weighted by Crippen LogP contribution is -2.07. The summed E-state index contributed by atoms with van der Waals surface area (Å²) in [6.07, 6.45) is 8.10. The molecule has 8 nitrogen and oxygen atoms in total.